The number of rotatable bonds is 7. The number of hydrogen-bond acceptors (Lipinski definition) is 6. The van der Waals surface area contributed by atoms with Crippen molar-refractivity contribution in [2.45, 2.75) is 0 Å². The van der Waals surface area contributed by atoms with Gasteiger partial charge in [0.1, 0.15) is 12.3 Å². The Morgan fingerprint density at radius 1 is 1.35 bits per heavy atom. The minimum Gasteiger partial charge on any atom is -0.425 e. The van der Waals surface area contributed by atoms with Crippen LogP contribution in [0.1, 0.15) is 0 Å². The van der Waals surface area contributed by atoms with Gasteiger partial charge in [0.2, 0.25) is 11.8 Å². The fraction of sp³-hybridized carbons (Fsp3) is 0.214. The fourth-order valence-electron chi connectivity index (χ4n) is 1.48. The van der Waals surface area contributed by atoms with E-state index in [4.69, 9.17) is 4.74 Å². The zero-order chi connectivity index (χ0) is 17.4. The molecule has 0 aliphatic heterocycles. The van der Waals surface area contributed by atoms with Crippen LogP contribution in [0.3, 0.4) is 0 Å². The highest BCUT2D eigenvalue weighted by Crippen LogP contribution is 2.17. The summed E-state index contributed by atoms with van der Waals surface area (Å²) in [5.74, 6) is -1.59. The number of esters is 1. The first-order valence-corrected chi connectivity index (χ1v) is 6.43. The topological polar surface area (TPSA) is 119 Å². The molecule has 0 radical (unpaired) electrons. The molecule has 9 heteroatoms. The van der Waals surface area contributed by atoms with E-state index in [0.29, 0.717) is 0 Å². The van der Waals surface area contributed by atoms with E-state index in [9.17, 15) is 24.5 Å². The highest BCUT2D eigenvalue weighted by Gasteiger charge is 2.12. The van der Waals surface area contributed by atoms with Crippen LogP contribution in [0.15, 0.2) is 36.9 Å². The van der Waals surface area contributed by atoms with Gasteiger partial charge in [-0.1, -0.05) is 6.58 Å². The number of amides is 2. The Morgan fingerprint density at radius 2 is 1.96 bits per heavy atom. The van der Waals surface area contributed by atoms with E-state index >= 15 is 0 Å². The molecule has 0 spiro atoms. The van der Waals surface area contributed by atoms with Gasteiger partial charge < -0.3 is 15.0 Å². The number of nitrogens with zero attached hydrogens (tertiary/aromatic N) is 2. The molecule has 0 bridgehead atoms. The van der Waals surface area contributed by atoms with Gasteiger partial charge in [0.05, 0.1) is 11.5 Å². The monoisotopic (exact) mass is 321 g/mol. The van der Waals surface area contributed by atoms with Crippen molar-refractivity contribution in [2.75, 3.05) is 20.1 Å². The van der Waals surface area contributed by atoms with Crippen molar-refractivity contribution in [3.63, 3.8) is 0 Å². The molecule has 0 saturated carbocycles. The third-order valence-corrected chi connectivity index (χ3v) is 2.64. The Bertz CT molecular complexity index is 626. The Kier molecular flexibility index (Phi) is 6.41. The summed E-state index contributed by atoms with van der Waals surface area (Å²) in [6.07, 6.45) is 1.07. The summed E-state index contributed by atoms with van der Waals surface area (Å²) in [6.45, 7) is 2.66. The molecule has 122 valence electrons. The van der Waals surface area contributed by atoms with Gasteiger partial charge in [-0.15, -0.1) is 0 Å². The molecular weight excluding hydrogens is 306 g/mol. The normalized spacial score (nSPS) is 9.61. The van der Waals surface area contributed by atoms with Crippen molar-refractivity contribution in [1.82, 2.24) is 10.2 Å². The van der Waals surface area contributed by atoms with Crippen molar-refractivity contribution in [2.24, 2.45) is 0 Å². The third kappa shape index (κ3) is 5.96. The average molecular weight is 321 g/mol. The Morgan fingerprint density at radius 3 is 2.48 bits per heavy atom. The van der Waals surface area contributed by atoms with E-state index < -0.39 is 29.3 Å². The quantitative estimate of drug-likeness (QED) is 0.253. The second-order valence-electron chi connectivity index (χ2n) is 4.40. The maximum absolute atomic E-state index is 11.5. The van der Waals surface area contributed by atoms with Crippen LogP contribution in [0.5, 0.6) is 5.75 Å². The molecule has 0 aliphatic carbocycles. The van der Waals surface area contributed by atoms with Gasteiger partial charge in [-0.25, -0.2) is 4.79 Å². The predicted molar refractivity (Wildman–Crippen MR) is 79.6 cm³/mol. The van der Waals surface area contributed by atoms with Crippen molar-refractivity contribution in [1.29, 1.82) is 0 Å². The van der Waals surface area contributed by atoms with E-state index in [0.717, 1.165) is 11.0 Å². The number of likely N-dealkylation sites (N-methyl/N-ethyl adjacent to an activating group) is 1. The third-order valence-electron chi connectivity index (χ3n) is 2.64. The van der Waals surface area contributed by atoms with Crippen LogP contribution in [-0.2, 0) is 14.4 Å². The lowest BCUT2D eigenvalue weighted by atomic mass is 10.3. The smallest absolute Gasteiger partial charge is 0.330 e. The fourth-order valence-corrected chi connectivity index (χ4v) is 1.48. The van der Waals surface area contributed by atoms with Crippen molar-refractivity contribution in [3.8, 4) is 5.75 Å². The van der Waals surface area contributed by atoms with Gasteiger partial charge in [0.15, 0.2) is 0 Å². The number of hydrogen-bond donors (Lipinski definition) is 1. The Hall–Kier alpha value is -3.23. The molecule has 0 aromatic heterocycles. The summed E-state index contributed by atoms with van der Waals surface area (Å²) in [6, 6.07) is 4.93. The van der Waals surface area contributed by atoms with Gasteiger partial charge in [0, 0.05) is 19.2 Å². The molecule has 1 aromatic rings. The lowest BCUT2D eigenvalue weighted by Crippen LogP contribution is -2.40. The zero-order valence-corrected chi connectivity index (χ0v) is 12.4. The first kappa shape index (κ1) is 17.8. The van der Waals surface area contributed by atoms with E-state index in [2.05, 4.69) is 11.9 Å². The van der Waals surface area contributed by atoms with E-state index in [1.54, 1.807) is 0 Å². The highest BCUT2D eigenvalue weighted by molar-refractivity contribution is 5.91. The van der Waals surface area contributed by atoms with Crippen LogP contribution in [0.4, 0.5) is 5.69 Å². The lowest BCUT2D eigenvalue weighted by Gasteiger charge is -2.14. The molecule has 0 aliphatic rings. The molecule has 0 atom stereocenters. The summed E-state index contributed by atoms with van der Waals surface area (Å²) in [5, 5.41) is 12.8. The molecule has 1 rings (SSSR count). The van der Waals surface area contributed by atoms with Gasteiger partial charge in [-0.3, -0.25) is 19.7 Å². The van der Waals surface area contributed by atoms with E-state index in [-0.39, 0.29) is 18.0 Å². The highest BCUT2D eigenvalue weighted by atomic mass is 16.6. The first-order chi connectivity index (χ1) is 10.8. The number of nitro groups is 1. The summed E-state index contributed by atoms with van der Waals surface area (Å²) in [7, 11) is 1.42. The van der Waals surface area contributed by atoms with Crippen LogP contribution in [0.2, 0.25) is 0 Å². The predicted octanol–water partition coefficient (Wildman–Crippen LogP) is 0.261. The number of nitrogens with one attached hydrogen (secondary N) is 1. The first-order valence-electron chi connectivity index (χ1n) is 6.43. The van der Waals surface area contributed by atoms with E-state index in [1.165, 1.54) is 31.3 Å². The van der Waals surface area contributed by atoms with Crippen molar-refractivity contribution >= 4 is 23.5 Å². The Balaban J connectivity index is 2.42. The molecule has 23 heavy (non-hydrogen) atoms. The van der Waals surface area contributed by atoms with Crippen LogP contribution in [-0.4, -0.2) is 47.7 Å². The minimum absolute atomic E-state index is 0.119. The van der Waals surface area contributed by atoms with Gasteiger partial charge >= 0.3 is 5.97 Å². The van der Waals surface area contributed by atoms with Crippen LogP contribution in [0, 0.1) is 10.1 Å². The minimum atomic E-state index is -0.745. The number of carbonyl (C=O) groups is 3. The van der Waals surface area contributed by atoms with Gasteiger partial charge in [0.25, 0.3) is 5.69 Å². The molecule has 1 aromatic carbocycles. The molecule has 9 nitrogen and oxygen atoms in total. The average Bonchev–Trinajstić information content (AvgIpc) is 2.52. The van der Waals surface area contributed by atoms with Crippen LogP contribution < -0.4 is 10.1 Å². The van der Waals surface area contributed by atoms with Gasteiger partial charge in [-0.2, -0.15) is 0 Å². The maximum atomic E-state index is 11.5. The van der Waals surface area contributed by atoms with E-state index in [1.807, 2.05) is 0 Å². The summed E-state index contributed by atoms with van der Waals surface area (Å²) in [4.78, 5) is 45.3. The molecular formula is C14H15N3O6. The standard InChI is InChI=1S/C14H15N3O6/c1-3-13(19)16(2)9-12(18)15-8-14(20)23-11-6-4-10(5-7-11)17(21)22/h3-7H,1,8-9H2,2H3,(H,15,18). The number of nitro benzene ring substituents is 1. The zero-order valence-electron chi connectivity index (χ0n) is 12.4. The lowest BCUT2D eigenvalue weighted by molar-refractivity contribution is -0.384. The molecule has 2 amide bonds. The summed E-state index contributed by atoms with van der Waals surface area (Å²) >= 11 is 0. The second-order valence-corrected chi connectivity index (χ2v) is 4.40. The van der Waals surface area contributed by atoms with Crippen molar-refractivity contribution < 1.29 is 24.0 Å². The second kappa shape index (κ2) is 8.27. The number of carbonyl (C=O) groups excluding carboxylic acids is 3. The summed E-state index contributed by atoms with van der Waals surface area (Å²) in [5.41, 5.74) is -0.131. The van der Waals surface area contributed by atoms with Crippen LogP contribution >= 0.6 is 0 Å². The number of non-ortho nitro benzene ring substituents is 1. The molecule has 0 fully saturated rings. The van der Waals surface area contributed by atoms with Gasteiger partial charge in [-0.05, 0) is 18.2 Å². The Labute approximate surface area is 131 Å². The van der Waals surface area contributed by atoms with Crippen molar-refractivity contribution in [3.05, 3.63) is 47.0 Å². The van der Waals surface area contributed by atoms with Crippen LogP contribution in [0.25, 0.3) is 0 Å². The molecule has 1 N–H and O–H groups in total. The molecule has 0 saturated heterocycles. The number of benzene rings is 1. The maximum Gasteiger partial charge on any atom is 0.330 e. The molecule has 0 unspecified atom stereocenters. The SMILES string of the molecule is C=CC(=O)N(C)CC(=O)NCC(=O)Oc1ccc([N+](=O)[O-])cc1. The largest absolute Gasteiger partial charge is 0.425 e. The number of ether oxygens (including phenoxy) is 1. The molecule has 0 heterocycles. The summed E-state index contributed by atoms with van der Waals surface area (Å²) < 4.78 is 4.90.